The van der Waals surface area contributed by atoms with E-state index in [-0.39, 0.29) is 0 Å². The fourth-order valence-electron chi connectivity index (χ4n) is 10.5. The Morgan fingerprint density at radius 2 is 0.766 bits per heavy atom. The maximum absolute atomic E-state index is 2.47. The molecule has 0 spiro atoms. The van der Waals surface area contributed by atoms with E-state index < -0.39 is 0 Å². The van der Waals surface area contributed by atoms with Crippen molar-refractivity contribution < 1.29 is 0 Å². The van der Waals surface area contributed by atoms with E-state index >= 15 is 0 Å². The summed E-state index contributed by atoms with van der Waals surface area (Å²) < 4.78 is 7.26. The SMILES string of the molecule is CC1C=c2c(n(-c3cccc(-c4ccc(-n5c6ccccc6c6cc(-c7ccc8c(c7)c7ccccc7n8-c7ccccc7)ccc65)cc4)c3)c3ccc(-c4ccccc4)cc23)=CC1. The van der Waals surface area contributed by atoms with Gasteiger partial charge in [0.1, 0.15) is 0 Å². The lowest BCUT2D eigenvalue weighted by Crippen LogP contribution is -2.31. The van der Waals surface area contributed by atoms with E-state index in [4.69, 9.17) is 0 Å². The Bertz CT molecular complexity index is 3920. The summed E-state index contributed by atoms with van der Waals surface area (Å²) in [5.74, 6) is 0.504. The third-order valence-electron chi connectivity index (χ3n) is 13.5. The van der Waals surface area contributed by atoms with Crippen LogP contribution in [0, 0.1) is 5.92 Å². The molecule has 0 radical (unpaired) electrons. The largest absolute Gasteiger partial charge is 0.310 e. The molecule has 13 rings (SSSR count). The Labute approximate surface area is 371 Å². The lowest BCUT2D eigenvalue weighted by molar-refractivity contribution is 0.795. The van der Waals surface area contributed by atoms with Gasteiger partial charge in [0.2, 0.25) is 0 Å². The lowest BCUT2D eigenvalue weighted by atomic mass is 9.99. The minimum absolute atomic E-state index is 0.504. The monoisotopic (exact) mass is 817 g/mol. The van der Waals surface area contributed by atoms with Gasteiger partial charge in [-0.2, -0.15) is 0 Å². The van der Waals surface area contributed by atoms with Gasteiger partial charge in [-0.1, -0.05) is 146 Å². The molecular formula is C61H43N3. The molecule has 3 aromatic heterocycles. The van der Waals surface area contributed by atoms with Crippen molar-refractivity contribution >= 4 is 66.7 Å². The van der Waals surface area contributed by atoms with Crippen LogP contribution in [0.4, 0.5) is 0 Å². The zero-order valence-electron chi connectivity index (χ0n) is 35.5. The fourth-order valence-corrected chi connectivity index (χ4v) is 10.5. The maximum atomic E-state index is 2.47. The van der Waals surface area contributed by atoms with E-state index in [9.17, 15) is 0 Å². The normalized spacial score (nSPS) is 13.7. The zero-order valence-corrected chi connectivity index (χ0v) is 35.5. The summed E-state index contributed by atoms with van der Waals surface area (Å²) in [6.07, 6.45) is 5.94. The fraction of sp³-hybridized carbons (Fsp3) is 0.0492. The maximum Gasteiger partial charge on any atom is 0.0541 e. The second kappa shape index (κ2) is 14.5. The van der Waals surface area contributed by atoms with Gasteiger partial charge in [0.25, 0.3) is 0 Å². The molecule has 0 amide bonds. The van der Waals surface area contributed by atoms with Crippen LogP contribution in [0.1, 0.15) is 13.3 Å². The third kappa shape index (κ3) is 5.74. The topological polar surface area (TPSA) is 14.8 Å². The molecule has 1 aliphatic carbocycles. The van der Waals surface area contributed by atoms with Gasteiger partial charge in [-0.3, -0.25) is 0 Å². The summed E-state index contributed by atoms with van der Waals surface area (Å²) in [4.78, 5) is 0. The van der Waals surface area contributed by atoms with Crippen molar-refractivity contribution in [2.45, 2.75) is 13.3 Å². The third-order valence-corrected chi connectivity index (χ3v) is 13.5. The number of rotatable bonds is 6. The second-order valence-electron chi connectivity index (χ2n) is 17.4. The molecule has 1 unspecified atom stereocenters. The highest BCUT2D eigenvalue weighted by molar-refractivity contribution is 6.12. The molecule has 3 nitrogen and oxygen atoms in total. The summed E-state index contributed by atoms with van der Waals surface area (Å²) >= 11 is 0. The van der Waals surface area contributed by atoms with E-state index in [1.807, 2.05) is 0 Å². The van der Waals surface area contributed by atoms with Crippen LogP contribution < -0.4 is 10.6 Å². The molecule has 3 heterocycles. The van der Waals surface area contributed by atoms with Gasteiger partial charge in [-0.05, 0) is 131 Å². The molecule has 0 saturated carbocycles. The van der Waals surface area contributed by atoms with E-state index in [1.165, 1.54) is 110 Å². The standard InChI is InChI=1S/C61H43N3/c1-40-23-31-58-52(35-40)55-37-44(41-13-4-2-5-14-41)26-32-61(55)64(58)49-18-12-15-43(36-49)42-24-29-48(30-25-42)63-57-22-11-9-20-51(57)54-39-46(28-34-60(54)63)45-27-33-59-53(38-45)50-19-8-10-21-56(50)62(59)47-16-6-3-7-17-47/h2-22,24-40H,23H2,1H3. The van der Waals surface area contributed by atoms with Crippen LogP contribution >= 0.6 is 0 Å². The summed E-state index contributed by atoms with van der Waals surface area (Å²) in [5, 5.41) is 8.95. The number of hydrogen-bond donors (Lipinski definition) is 0. The predicted octanol–water partition coefficient (Wildman–Crippen LogP) is 14.4. The van der Waals surface area contributed by atoms with Gasteiger partial charge in [0.05, 0.1) is 27.6 Å². The molecule has 302 valence electrons. The minimum atomic E-state index is 0.504. The molecule has 0 aliphatic heterocycles. The minimum Gasteiger partial charge on any atom is -0.310 e. The number of benzene rings is 9. The Hall–Kier alpha value is -8.14. The van der Waals surface area contributed by atoms with E-state index in [1.54, 1.807) is 0 Å². The molecule has 9 aromatic carbocycles. The molecule has 1 aliphatic rings. The van der Waals surface area contributed by atoms with Crippen molar-refractivity contribution in [2.75, 3.05) is 0 Å². The van der Waals surface area contributed by atoms with Crippen molar-refractivity contribution in [3.8, 4) is 50.4 Å². The molecule has 12 aromatic rings. The highest BCUT2D eigenvalue weighted by Crippen LogP contribution is 2.39. The zero-order chi connectivity index (χ0) is 42.3. The van der Waals surface area contributed by atoms with Crippen molar-refractivity contribution in [1.82, 2.24) is 13.7 Å². The van der Waals surface area contributed by atoms with Gasteiger partial charge >= 0.3 is 0 Å². The Kier molecular flexibility index (Phi) is 8.26. The number of aromatic nitrogens is 3. The van der Waals surface area contributed by atoms with Crippen molar-refractivity contribution in [2.24, 2.45) is 5.92 Å². The lowest BCUT2D eigenvalue weighted by Gasteiger charge is -2.13. The number of para-hydroxylation sites is 3. The molecule has 3 heteroatoms. The number of hydrogen-bond acceptors (Lipinski definition) is 0. The molecular weight excluding hydrogens is 775 g/mol. The quantitative estimate of drug-likeness (QED) is 0.159. The van der Waals surface area contributed by atoms with E-state index in [0.717, 1.165) is 12.1 Å². The Morgan fingerprint density at radius 3 is 1.41 bits per heavy atom. The predicted molar refractivity (Wildman–Crippen MR) is 270 cm³/mol. The highest BCUT2D eigenvalue weighted by atomic mass is 15.0. The van der Waals surface area contributed by atoms with E-state index in [2.05, 4.69) is 245 Å². The molecule has 0 N–H and O–H groups in total. The van der Waals surface area contributed by atoms with Crippen LogP contribution in [0.2, 0.25) is 0 Å². The van der Waals surface area contributed by atoms with Crippen LogP contribution in [-0.2, 0) is 0 Å². The van der Waals surface area contributed by atoms with Gasteiger partial charge in [0.15, 0.2) is 0 Å². The molecule has 1 atom stereocenters. The van der Waals surface area contributed by atoms with Crippen molar-refractivity contribution in [1.29, 1.82) is 0 Å². The first-order valence-corrected chi connectivity index (χ1v) is 22.4. The second-order valence-corrected chi connectivity index (χ2v) is 17.4. The van der Waals surface area contributed by atoms with Crippen molar-refractivity contribution in [3.05, 3.63) is 223 Å². The molecule has 64 heavy (non-hydrogen) atoms. The first-order chi connectivity index (χ1) is 31.6. The van der Waals surface area contributed by atoms with Crippen LogP contribution in [0.5, 0.6) is 0 Å². The Morgan fingerprint density at radius 1 is 0.328 bits per heavy atom. The summed E-state index contributed by atoms with van der Waals surface area (Å²) in [6.45, 7) is 2.32. The first-order valence-electron chi connectivity index (χ1n) is 22.4. The smallest absolute Gasteiger partial charge is 0.0541 e. The van der Waals surface area contributed by atoms with Gasteiger partial charge < -0.3 is 13.7 Å². The van der Waals surface area contributed by atoms with Crippen LogP contribution in [0.15, 0.2) is 212 Å². The van der Waals surface area contributed by atoms with E-state index in [0.29, 0.717) is 5.92 Å². The average Bonchev–Trinajstić information content (AvgIpc) is 3.99. The summed E-state index contributed by atoms with van der Waals surface area (Å²) in [5.41, 5.74) is 16.9. The van der Waals surface area contributed by atoms with Crippen LogP contribution in [0.3, 0.4) is 0 Å². The molecule has 0 saturated heterocycles. The average molecular weight is 818 g/mol. The number of fused-ring (bicyclic) bond motifs is 9. The summed E-state index contributed by atoms with van der Waals surface area (Å²) in [7, 11) is 0. The van der Waals surface area contributed by atoms with Crippen LogP contribution in [0.25, 0.3) is 117 Å². The van der Waals surface area contributed by atoms with Gasteiger partial charge in [-0.15, -0.1) is 0 Å². The first kappa shape index (κ1) is 36.5. The number of nitrogens with zero attached hydrogens (tertiary/aromatic N) is 3. The summed E-state index contributed by atoms with van der Waals surface area (Å²) in [6, 6.07) is 78.0. The Balaban J connectivity index is 0.877. The van der Waals surface area contributed by atoms with Crippen LogP contribution in [-0.4, -0.2) is 13.7 Å². The molecule has 0 bridgehead atoms. The molecule has 0 fully saturated rings. The van der Waals surface area contributed by atoms with Gasteiger partial charge in [-0.25, -0.2) is 0 Å². The van der Waals surface area contributed by atoms with Crippen molar-refractivity contribution in [3.63, 3.8) is 0 Å². The van der Waals surface area contributed by atoms with Gasteiger partial charge in [0, 0.05) is 54.6 Å². The highest BCUT2D eigenvalue weighted by Gasteiger charge is 2.18.